The molecule has 22 heavy (non-hydrogen) atoms. The zero-order valence-electron chi connectivity index (χ0n) is 13.2. The van der Waals surface area contributed by atoms with Crippen LogP contribution >= 0.6 is 0 Å². The third-order valence-electron chi connectivity index (χ3n) is 3.31. The standard InChI is InChI=1S/C15H23FN2O3S/c1-12(2)22(20,21)11-15(19)17-9-6-10-18(3)14-8-5-4-7-13(14)16/h4-5,7-8,12H,6,9-11H2,1-3H3,(H,17,19). The maximum Gasteiger partial charge on any atom is 0.235 e. The van der Waals surface area contributed by atoms with Gasteiger partial charge >= 0.3 is 0 Å². The van der Waals surface area contributed by atoms with Crippen molar-refractivity contribution in [1.29, 1.82) is 0 Å². The fourth-order valence-corrected chi connectivity index (χ4v) is 2.63. The summed E-state index contributed by atoms with van der Waals surface area (Å²) in [5.41, 5.74) is 0.496. The van der Waals surface area contributed by atoms with Crippen LogP contribution in [0.15, 0.2) is 24.3 Å². The summed E-state index contributed by atoms with van der Waals surface area (Å²) in [5.74, 6) is -1.28. The molecular formula is C15H23FN2O3S. The maximum atomic E-state index is 13.6. The molecule has 0 heterocycles. The fourth-order valence-electron chi connectivity index (χ4n) is 1.83. The second-order valence-electron chi connectivity index (χ2n) is 5.43. The molecule has 0 aliphatic heterocycles. The largest absolute Gasteiger partial charge is 0.372 e. The Balaban J connectivity index is 2.34. The average Bonchev–Trinajstić information content (AvgIpc) is 2.43. The minimum atomic E-state index is -3.37. The van der Waals surface area contributed by atoms with Gasteiger partial charge in [-0.15, -0.1) is 0 Å². The third-order valence-corrected chi connectivity index (χ3v) is 5.41. The molecule has 0 bridgehead atoms. The van der Waals surface area contributed by atoms with Gasteiger partial charge in [-0.05, 0) is 32.4 Å². The first-order valence-electron chi connectivity index (χ1n) is 7.18. The molecule has 0 aliphatic rings. The van der Waals surface area contributed by atoms with Crippen LogP contribution in [0.3, 0.4) is 0 Å². The van der Waals surface area contributed by atoms with E-state index in [-0.39, 0.29) is 5.82 Å². The van der Waals surface area contributed by atoms with Gasteiger partial charge in [0.1, 0.15) is 11.6 Å². The highest BCUT2D eigenvalue weighted by Crippen LogP contribution is 2.16. The van der Waals surface area contributed by atoms with E-state index >= 15 is 0 Å². The van der Waals surface area contributed by atoms with Crippen molar-refractivity contribution in [2.24, 2.45) is 0 Å². The molecule has 0 aliphatic carbocycles. The smallest absolute Gasteiger partial charge is 0.235 e. The van der Waals surface area contributed by atoms with Gasteiger partial charge in [0.05, 0.1) is 10.9 Å². The van der Waals surface area contributed by atoms with Crippen molar-refractivity contribution in [1.82, 2.24) is 5.32 Å². The molecule has 0 spiro atoms. The third kappa shape index (κ3) is 5.63. The molecule has 7 heteroatoms. The first kappa shape index (κ1) is 18.4. The molecule has 0 fully saturated rings. The van der Waals surface area contributed by atoms with Crippen molar-refractivity contribution in [3.63, 3.8) is 0 Å². The molecule has 0 atom stereocenters. The van der Waals surface area contributed by atoms with E-state index < -0.39 is 26.7 Å². The summed E-state index contributed by atoms with van der Waals surface area (Å²) in [5, 5.41) is 2.01. The van der Waals surface area contributed by atoms with E-state index in [4.69, 9.17) is 0 Å². The van der Waals surface area contributed by atoms with Crippen LogP contribution in [0, 0.1) is 5.82 Å². The second-order valence-corrected chi connectivity index (χ2v) is 7.99. The van der Waals surface area contributed by atoms with Crippen LogP contribution in [0.4, 0.5) is 10.1 Å². The SMILES string of the molecule is CC(C)S(=O)(=O)CC(=O)NCCCN(C)c1ccccc1F. The van der Waals surface area contributed by atoms with Crippen molar-refractivity contribution < 1.29 is 17.6 Å². The van der Waals surface area contributed by atoms with E-state index in [1.807, 2.05) is 0 Å². The summed E-state index contributed by atoms with van der Waals surface area (Å²) >= 11 is 0. The number of hydrogen-bond acceptors (Lipinski definition) is 4. The number of benzene rings is 1. The minimum Gasteiger partial charge on any atom is -0.372 e. The van der Waals surface area contributed by atoms with E-state index in [1.165, 1.54) is 6.07 Å². The molecule has 124 valence electrons. The van der Waals surface area contributed by atoms with Gasteiger partial charge in [0.2, 0.25) is 5.91 Å². The Hall–Kier alpha value is -1.63. The predicted octanol–water partition coefficient (Wildman–Crippen LogP) is 1.59. The molecular weight excluding hydrogens is 307 g/mol. The van der Waals surface area contributed by atoms with Crippen LogP contribution in [0.2, 0.25) is 0 Å². The summed E-state index contributed by atoms with van der Waals surface area (Å²) in [4.78, 5) is 13.3. The Labute approximate surface area is 131 Å². The number of para-hydroxylation sites is 1. The van der Waals surface area contributed by atoms with Crippen LogP contribution in [-0.2, 0) is 14.6 Å². The van der Waals surface area contributed by atoms with Crippen molar-refractivity contribution in [2.45, 2.75) is 25.5 Å². The van der Waals surface area contributed by atoms with Gasteiger partial charge in [0.15, 0.2) is 9.84 Å². The Morgan fingerprint density at radius 3 is 2.55 bits per heavy atom. The molecule has 0 aromatic heterocycles. The van der Waals surface area contributed by atoms with Crippen LogP contribution in [-0.4, -0.2) is 45.5 Å². The highest BCUT2D eigenvalue weighted by molar-refractivity contribution is 7.92. The number of anilines is 1. The summed E-state index contributed by atoms with van der Waals surface area (Å²) in [6, 6.07) is 6.46. The van der Waals surface area contributed by atoms with Gasteiger partial charge in [-0.25, -0.2) is 12.8 Å². The molecule has 1 aromatic carbocycles. The van der Waals surface area contributed by atoms with E-state index in [9.17, 15) is 17.6 Å². The van der Waals surface area contributed by atoms with Crippen LogP contribution in [0.1, 0.15) is 20.3 Å². The number of hydrogen-bond donors (Lipinski definition) is 1. The van der Waals surface area contributed by atoms with Gasteiger partial charge in [0, 0.05) is 20.1 Å². The summed E-state index contributed by atoms with van der Waals surface area (Å²) in [6.07, 6.45) is 0.596. The van der Waals surface area contributed by atoms with Crippen LogP contribution in [0.5, 0.6) is 0 Å². The number of halogens is 1. The Morgan fingerprint density at radius 2 is 1.95 bits per heavy atom. The van der Waals surface area contributed by atoms with Crippen LogP contribution in [0.25, 0.3) is 0 Å². The lowest BCUT2D eigenvalue weighted by atomic mass is 10.2. The first-order valence-corrected chi connectivity index (χ1v) is 8.89. The number of carbonyl (C=O) groups is 1. The van der Waals surface area contributed by atoms with Gasteiger partial charge in [-0.2, -0.15) is 0 Å². The Kier molecular flexibility index (Phi) is 6.80. The van der Waals surface area contributed by atoms with Crippen molar-refractivity contribution in [3.8, 4) is 0 Å². The monoisotopic (exact) mass is 330 g/mol. The molecule has 0 saturated heterocycles. The fraction of sp³-hybridized carbons (Fsp3) is 0.533. The maximum absolute atomic E-state index is 13.6. The highest BCUT2D eigenvalue weighted by atomic mass is 32.2. The predicted molar refractivity (Wildman–Crippen MR) is 86.2 cm³/mol. The lowest BCUT2D eigenvalue weighted by molar-refractivity contribution is -0.118. The summed E-state index contributed by atoms with van der Waals surface area (Å²) < 4.78 is 36.7. The first-order chi connectivity index (χ1) is 10.2. The summed E-state index contributed by atoms with van der Waals surface area (Å²) in [6.45, 7) is 4.00. The molecule has 0 saturated carbocycles. The van der Waals surface area contributed by atoms with Crippen molar-refractivity contribution in [2.75, 3.05) is 30.8 Å². The van der Waals surface area contributed by atoms with Gasteiger partial charge < -0.3 is 10.2 Å². The molecule has 1 amide bonds. The lowest BCUT2D eigenvalue weighted by Gasteiger charge is -2.19. The van der Waals surface area contributed by atoms with E-state index in [0.29, 0.717) is 25.2 Å². The molecule has 1 aromatic rings. The number of rotatable bonds is 8. The molecule has 5 nitrogen and oxygen atoms in total. The van der Waals surface area contributed by atoms with Gasteiger partial charge in [0.25, 0.3) is 0 Å². The Bertz CT molecular complexity index is 603. The van der Waals surface area contributed by atoms with E-state index in [1.54, 1.807) is 44.0 Å². The van der Waals surface area contributed by atoms with E-state index in [2.05, 4.69) is 5.32 Å². The number of amides is 1. The molecule has 1 N–H and O–H groups in total. The van der Waals surface area contributed by atoms with Gasteiger partial charge in [-0.3, -0.25) is 4.79 Å². The lowest BCUT2D eigenvalue weighted by Crippen LogP contribution is -2.34. The number of carbonyl (C=O) groups excluding carboxylic acids is 1. The highest BCUT2D eigenvalue weighted by Gasteiger charge is 2.20. The second kappa shape index (κ2) is 8.12. The van der Waals surface area contributed by atoms with Crippen molar-refractivity contribution in [3.05, 3.63) is 30.1 Å². The zero-order chi connectivity index (χ0) is 16.8. The minimum absolute atomic E-state index is 0.294. The normalized spacial score (nSPS) is 11.5. The van der Waals surface area contributed by atoms with E-state index in [0.717, 1.165) is 0 Å². The Morgan fingerprint density at radius 1 is 1.32 bits per heavy atom. The summed E-state index contributed by atoms with van der Waals surface area (Å²) in [7, 11) is -1.60. The average molecular weight is 330 g/mol. The van der Waals surface area contributed by atoms with Crippen molar-refractivity contribution >= 4 is 21.4 Å². The molecule has 1 rings (SSSR count). The topological polar surface area (TPSA) is 66.5 Å². The van der Waals surface area contributed by atoms with Gasteiger partial charge in [-0.1, -0.05) is 12.1 Å². The number of nitrogens with zero attached hydrogens (tertiary/aromatic N) is 1. The molecule has 0 unspecified atom stereocenters. The number of nitrogens with one attached hydrogen (secondary N) is 1. The quantitative estimate of drug-likeness (QED) is 0.735. The zero-order valence-corrected chi connectivity index (χ0v) is 14.0. The number of sulfone groups is 1. The molecule has 0 radical (unpaired) electrons. The van der Waals surface area contributed by atoms with Crippen LogP contribution < -0.4 is 10.2 Å².